The number of anilines is 3. The van der Waals surface area contributed by atoms with Crippen molar-refractivity contribution in [3.8, 4) is 5.75 Å². The molecule has 0 unspecified atom stereocenters. The number of carbonyl (C=O) groups excluding carboxylic acids is 1. The molecule has 1 heterocycles. The predicted molar refractivity (Wildman–Crippen MR) is 98.1 cm³/mol. The van der Waals surface area contributed by atoms with Gasteiger partial charge in [0.1, 0.15) is 5.75 Å². The molecule has 2 N–H and O–H groups in total. The Morgan fingerprint density at radius 2 is 1.77 bits per heavy atom. The topological polar surface area (TPSA) is 53.6 Å². The zero-order valence-electron chi connectivity index (χ0n) is 14.3. The van der Waals surface area contributed by atoms with Crippen molar-refractivity contribution in [2.24, 2.45) is 0 Å². The number of carbonyl (C=O) groups is 1. The summed E-state index contributed by atoms with van der Waals surface area (Å²) in [6, 6.07) is 14.0. The molecule has 0 spiro atoms. The number of benzene rings is 2. The van der Waals surface area contributed by atoms with E-state index in [0.717, 1.165) is 18.8 Å². The number of ether oxygens (including phenoxy) is 1. The van der Waals surface area contributed by atoms with E-state index in [4.69, 9.17) is 0 Å². The Labute approximate surface area is 151 Å². The molecule has 1 amide bonds. The van der Waals surface area contributed by atoms with Gasteiger partial charge in [-0.15, -0.1) is 0 Å². The third kappa shape index (κ3) is 4.84. The van der Waals surface area contributed by atoms with E-state index in [9.17, 15) is 13.6 Å². The molecular formula is C19H21F2N3O2. The number of alkyl halides is 2. The highest BCUT2D eigenvalue weighted by molar-refractivity contribution is 5.94. The number of halogens is 2. The molecule has 2 aromatic carbocycles. The number of nitrogens with zero attached hydrogens (tertiary/aromatic N) is 1. The van der Waals surface area contributed by atoms with E-state index < -0.39 is 6.61 Å². The number of nitrogens with one attached hydrogen (secondary N) is 2. The lowest BCUT2D eigenvalue weighted by Gasteiger charge is -2.18. The lowest BCUT2D eigenvalue weighted by atomic mass is 10.2. The monoisotopic (exact) mass is 361 g/mol. The van der Waals surface area contributed by atoms with Gasteiger partial charge in [0, 0.05) is 24.5 Å². The number of amides is 1. The fourth-order valence-electron chi connectivity index (χ4n) is 2.92. The number of hydrogen-bond acceptors (Lipinski definition) is 4. The largest absolute Gasteiger partial charge is 0.433 e. The molecule has 7 heteroatoms. The average molecular weight is 361 g/mol. The summed E-state index contributed by atoms with van der Waals surface area (Å²) in [7, 11) is 0. The first kappa shape index (κ1) is 18.0. The van der Waals surface area contributed by atoms with Crippen LogP contribution in [0.4, 0.5) is 25.8 Å². The van der Waals surface area contributed by atoms with Crippen LogP contribution in [0.25, 0.3) is 0 Å². The maximum Gasteiger partial charge on any atom is 0.387 e. The minimum Gasteiger partial charge on any atom is -0.433 e. The summed E-state index contributed by atoms with van der Waals surface area (Å²) < 4.78 is 29.2. The fourth-order valence-corrected chi connectivity index (χ4v) is 2.92. The first-order valence-electron chi connectivity index (χ1n) is 8.54. The Hall–Kier alpha value is -2.83. The first-order valence-corrected chi connectivity index (χ1v) is 8.54. The third-order valence-electron chi connectivity index (χ3n) is 4.16. The van der Waals surface area contributed by atoms with Crippen molar-refractivity contribution < 1.29 is 18.3 Å². The van der Waals surface area contributed by atoms with Crippen molar-refractivity contribution in [1.29, 1.82) is 0 Å². The first-order chi connectivity index (χ1) is 12.6. The van der Waals surface area contributed by atoms with E-state index in [1.807, 2.05) is 24.3 Å². The van der Waals surface area contributed by atoms with Gasteiger partial charge < -0.3 is 20.3 Å². The standard InChI is InChI=1S/C19H21F2N3O2/c20-19(21)26-17-6-2-1-5-16(17)22-13-18(25)23-14-7-9-15(10-8-14)24-11-3-4-12-24/h1-2,5-10,19,22H,3-4,11-13H2,(H,23,25). The molecule has 5 nitrogen and oxygen atoms in total. The summed E-state index contributed by atoms with van der Waals surface area (Å²) in [4.78, 5) is 14.4. The van der Waals surface area contributed by atoms with Gasteiger partial charge in [-0.2, -0.15) is 8.78 Å². The van der Waals surface area contributed by atoms with Crippen LogP contribution in [-0.4, -0.2) is 32.2 Å². The Balaban J connectivity index is 1.53. The van der Waals surface area contributed by atoms with Crippen LogP contribution in [0.5, 0.6) is 5.75 Å². The smallest absolute Gasteiger partial charge is 0.387 e. The lowest BCUT2D eigenvalue weighted by Crippen LogP contribution is -2.22. The predicted octanol–water partition coefficient (Wildman–Crippen LogP) is 3.94. The molecule has 0 saturated carbocycles. The molecule has 138 valence electrons. The van der Waals surface area contributed by atoms with Crippen molar-refractivity contribution in [3.05, 3.63) is 48.5 Å². The van der Waals surface area contributed by atoms with E-state index >= 15 is 0 Å². The summed E-state index contributed by atoms with van der Waals surface area (Å²) in [5.41, 5.74) is 2.18. The number of para-hydroxylation sites is 2. The van der Waals surface area contributed by atoms with E-state index in [1.54, 1.807) is 18.2 Å². The molecule has 0 aromatic heterocycles. The average Bonchev–Trinajstić information content (AvgIpc) is 3.16. The van der Waals surface area contributed by atoms with Crippen LogP contribution in [0.15, 0.2) is 48.5 Å². The van der Waals surface area contributed by atoms with E-state index in [0.29, 0.717) is 11.4 Å². The number of rotatable bonds is 7. The van der Waals surface area contributed by atoms with Crippen molar-refractivity contribution in [1.82, 2.24) is 0 Å². The second-order valence-electron chi connectivity index (χ2n) is 6.02. The number of hydrogen-bond donors (Lipinski definition) is 2. The normalized spacial score (nSPS) is 13.7. The van der Waals surface area contributed by atoms with Gasteiger partial charge in [-0.05, 0) is 49.2 Å². The Kier molecular flexibility index (Phi) is 5.88. The Morgan fingerprint density at radius 1 is 1.08 bits per heavy atom. The summed E-state index contributed by atoms with van der Waals surface area (Å²) >= 11 is 0. The van der Waals surface area contributed by atoms with Crippen molar-refractivity contribution in [2.75, 3.05) is 35.2 Å². The Bertz CT molecular complexity index is 732. The molecule has 1 saturated heterocycles. The maximum absolute atomic E-state index is 12.4. The quantitative estimate of drug-likeness (QED) is 0.784. The molecule has 0 atom stereocenters. The molecule has 2 aromatic rings. The molecule has 1 aliphatic rings. The molecule has 1 fully saturated rings. The highest BCUT2D eigenvalue weighted by Crippen LogP contribution is 2.25. The van der Waals surface area contributed by atoms with Crippen LogP contribution in [0.1, 0.15) is 12.8 Å². The van der Waals surface area contributed by atoms with Gasteiger partial charge in [0.15, 0.2) is 0 Å². The Morgan fingerprint density at radius 3 is 2.46 bits per heavy atom. The van der Waals surface area contributed by atoms with Crippen LogP contribution < -0.4 is 20.3 Å². The SMILES string of the molecule is O=C(CNc1ccccc1OC(F)F)Nc1ccc(N2CCCC2)cc1. The minimum absolute atomic E-state index is 0.00488. The van der Waals surface area contributed by atoms with Crippen LogP contribution in [0, 0.1) is 0 Å². The third-order valence-corrected chi connectivity index (χ3v) is 4.16. The van der Waals surface area contributed by atoms with Gasteiger partial charge in [-0.3, -0.25) is 4.79 Å². The van der Waals surface area contributed by atoms with Crippen LogP contribution in [0.3, 0.4) is 0 Å². The van der Waals surface area contributed by atoms with E-state index in [-0.39, 0.29) is 18.2 Å². The summed E-state index contributed by atoms with van der Waals surface area (Å²) in [6.07, 6.45) is 2.42. The van der Waals surface area contributed by atoms with Crippen LogP contribution >= 0.6 is 0 Å². The molecule has 3 rings (SSSR count). The molecule has 0 radical (unpaired) electrons. The van der Waals surface area contributed by atoms with Gasteiger partial charge in [0.25, 0.3) is 0 Å². The zero-order chi connectivity index (χ0) is 18.4. The van der Waals surface area contributed by atoms with Gasteiger partial charge in [0.2, 0.25) is 5.91 Å². The zero-order valence-corrected chi connectivity index (χ0v) is 14.3. The van der Waals surface area contributed by atoms with E-state index in [2.05, 4.69) is 20.3 Å². The molecule has 0 bridgehead atoms. The summed E-state index contributed by atoms with van der Waals surface area (Å²) in [6.45, 7) is -0.843. The van der Waals surface area contributed by atoms with Crippen molar-refractivity contribution >= 4 is 23.0 Å². The summed E-state index contributed by atoms with van der Waals surface area (Å²) in [5.74, 6) is -0.268. The van der Waals surface area contributed by atoms with Gasteiger partial charge in [0.05, 0.1) is 12.2 Å². The van der Waals surface area contributed by atoms with Crippen molar-refractivity contribution in [2.45, 2.75) is 19.5 Å². The van der Waals surface area contributed by atoms with Crippen LogP contribution in [0.2, 0.25) is 0 Å². The second kappa shape index (κ2) is 8.51. The van der Waals surface area contributed by atoms with Crippen LogP contribution in [-0.2, 0) is 4.79 Å². The summed E-state index contributed by atoms with van der Waals surface area (Å²) in [5, 5.41) is 5.60. The molecule has 26 heavy (non-hydrogen) atoms. The highest BCUT2D eigenvalue weighted by Gasteiger charge is 2.13. The van der Waals surface area contributed by atoms with E-state index in [1.165, 1.54) is 18.9 Å². The molecule has 1 aliphatic heterocycles. The molecule has 0 aliphatic carbocycles. The minimum atomic E-state index is -2.92. The van der Waals surface area contributed by atoms with Gasteiger partial charge in [-0.25, -0.2) is 0 Å². The van der Waals surface area contributed by atoms with Gasteiger partial charge >= 0.3 is 6.61 Å². The van der Waals surface area contributed by atoms with Gasteiger partial charge in [-0.1, -0.05) is 12.1 Å². The van der Waals surface area contributed by atoms with Crippen molar-refractivity contribution in [3.63, 3.8) is 0 Å². The second-order valence-corrected chi connectivity index (χ2v) is 6.02. The fraction of sp³-hybridized carbons (Fsp3) is 0.316. The maximum atomic E-state index is 12.4. The highest BCUT2D eigenvalue weighted by atomic mass is 19.3. The lowest BCUT2D eigenvalue weighted by molar-refractivity contribution is -0.114. The molecular weight excluding hydrogens is 340 g/mol.